The average Bonchev–Trinajstić information content (AvgIpc) is 2.39. The predicted molar refractivity (Wildman–Crippen MR) is 67.7 cm³/mol. The van der Waals surface area contributed by atoms with Crippen molar-refractivity contribution >= 4 is 11.8 Å². The van der Waals surface area contributed by atoms with Gasteiger partial charge in [-0.15, -0.1) is 0 Å². The van der Waals surface area contributed by atoms with Crippen LogP contribution in [0.2, 0.25) is 0 Å². The van der Waals surface area contributed by atoms with Gasteiger partial charge in [-0.25, -0.2) is 4.39 Å². The highest BCUT2D eigenvalue weighted by Crippen LogP contribution is 2.12. The Morgan fingerprint density at radius 1 is 1.26 bits per heavy atom. The second-order valence-corrected chi connectivity index (χ2v) is 4.00. The van der Waals surface area contributed by atoms with Crippen LogP contribution in [-0.2, 0) is 9.59 Å². The van der Waals surface area contributed by atoms with Gasteiger partial charge in [-0.2, -0.15) is 0 Å². The van der Waals surface area contributed by atoms with Crippen LogP contribution in [0.1, 0.15) is 26.7 Å². The number of carbonyl (C=O) groups is 2. The molecule has 0 saturated carbocycles. The first-order valence-electron chi connectivity index (χ1n) is 6.04. The smallest absolute Gasteiger partial charge is 0.279 e. The van der Waals surface area contributed by atoms with Crippen molar-refractivity contribution < 1.29 is 18.7 Å². The fourth-order valence-electron chi connectivity index (χ4n) is 1.29. The van der Waals surface area contributed by atoms with Gasteiger partial charge >= 0.3 is 0 Å². The lowest BCUT2D eigenvalue weighted by molar-refractivity contribution is -0.132. The summed E-state index contributed by atoms with van der Waals surface area (Å²) >= 11 is 0. The van der Waals surface area contributed by atoms with Gasteiger partial charge in [0.15, 0.2) is 6.10 Å². The molecule has 5 nitrogen and oxygen atoms in total. The van der Waals surface area contributed by atoms with E-state index in [0.717, 1.165) is 0 Å². The lowest BCUT2D eigenvalue weighted by atomic mass is 10.3. The van der Waals surface area contributed by atoms with E-state index < -0.39 is 12.0 Å². The highest BCUT2D eigenvalue weighted by atomic mass is 19.1. The Hall–Kier alpha value is -2.11. The van der Waals surface area contributed by atoms with E-state index in [1.54, 1.807) is 0 Å². The molecule has 0 unspecified atom stereocenters. The topological polar surface area (TPSA) is 67.4 Å². The van der Waals surface area contributed by atoms with E-state index >= 15 is 0 Å². The molecule has 0 aromatic heterocycles. The molecule has 19 heavy (non-hydrogen) atoms. The van der Waals surface area contributed by atoms with Crippen LogP contribution in [0.25, 0.3) is 0 Å². The highest BCUT2D eigenvalue weighted by Gasteiger charge is 2.15. The molecule has 0 bridgehead atoms. The number of rotatable bonds is 5. The average molecular weight is 268 g/mol. The van der Waals surface area contributed by atoms with Crippen LogP contribution in [0.15, 0.2) is 24.3 Å². The van der Waals surface area contributed by atoms with Crippen molar-refractivity contribution in [3.05, 3.63) is 30.1 Å². The third-order valence-electron chi connectivity index (χ3n) is 2.30. The van der Waals surface area contributed by atoms with Gasteiger partial charge in [-0.1, -0.05) is 6.92 Å². The summed E-state index contributed by atoms with van der Waals surface area (Å²) in [7, 11) is 0. The molecule has 1 atom stereocenters. The van der Waals surface area contributed by atoms with Crippen LogP contribution in [0.5, 0.6) is 5.75 Å². The monoisotopic (exact) mass is 268 g/mol. The van der Waals surface area contributed by atoms with E-state index in [9.17, 15) is 14.0 Å². The zero-order valence-corrected chi connectivity index (χ0v) is 10.9. The van der Waals surface area contributed by atoms with E-state index in [1.165, 1.54) is 31.2 Å². The Morgan fingerprint density at radius 3 is 2.47 bits per heavy atom. The summed E-state index contributed by atoms with van der Waals surface area (Å²) < 4.78 is 18.0. The number of benzene rings is 1. The highest BCUT2D eigenvalue weighted by molar-refractivity contribution is 5.84. The number of halogens is 1. The van der Waals surface area contributed by atoms with E-state index in [0.29, 0.717) is 18.6 Å². The molecule has 0 saturated heterocycles. The predicted octanol–water partition coefficient (Wildman–Crippen LogP) is 1.54. The summed E-state index contributed by atoms with van der Waals surface area (Å²) in [5, 5.41) is 0. The lowest BCUT2D eigenvalue weighted by Gasteiger charge is -2.15. The number of hydrazine groups is 1. The number of nitrogens with one attached hydrogen (secondary N) is 2. The fourth-order valence-corrected chi connectivity index (χ4v) is 1.29. The molecule has 104 valence electrons. The first kappa shape index (κ1) is 14.9. The quantitative estimate of drug-likeness (QED) is 0.796. The van der Waals surface area contributed by atoms with Gasteiger partial charge in [-0.3, -0.25) is 20.4 Å². The Morgan fingerprint density at radius 2 is 1.89 bits per heavy atom. The van der Waals surface area contributed by atoms with E-state index in [1.807, 2.05) is 6.92 Å². The Kier molecular flexibility index (Phi) is 5.78. The van der Waals surface area contributed by atoms with Crippen LogP contribution in [0.4, 0.5) is 4.39 Å². The minimum Gasteiger partial charge on any atom is -0.481 e. The van der Waals surface area contributed by atoms with Crippen LogP contribution in [0.3, 0.4) is 0 Å². The Labute approximate surface area is 111 Å². The molecule has 0 fully saturated rings. The molecule has 0 aliphatic rings. The number of ether oxygens (including phenoxy) is 1. The molecule has 0 spiro atoms. The minimum atomic E-state index is -0.799. The second kappa shape index (κ2) is 7.35. The van der Waals surface area contributed by atoms with Gasteiger partial charge in [0.25, 0.3) is 5.91 Å². The molecule has 0 aliphatic carbocycles. The molecule has 6 heteroatoms. The summed E-state index contributed by atoms with van der Waals surface area (Å²) in [6.07, 6.45) is 0.240. The van der Waals surface area contributed by atoms with Crippen molar-refractivity contribution in [1.29, 1.82) is 0 Å². The summed E-state index contributed by atoms with van der Waals surface area (Å²) in [6.45, 7) is 3.40. The van der Waals surface area contributed by atoms with Crippen molar-refractivity contribution in [3.63, 3.8) is 0 Å². The van der Waals surface area contributed by atoms with Gasteiger partial charge in [0.2, 0.25) is 5.91 Å². The standard InChI is InChI=1S/C13H17FN2O3/c1-3-4-12(17)15-16-13(18)9(2)19-11-7-5-10(14)6-8-11/h5-9H,3-4H2,1-2H3,(H,15,17)(H,16,18)/t9-/m0/s1. The zero-order chi connectivity index (χ0) is 14.3. The van der Waals surface area contributed by atoms with Crippen LogP contribution >= 0.6 is 0 Å². The van der Waals surface area contributed by atoms with Gasteiger partial charge in [0, 0.05) is 6.42 Å². The molecule has 0 heterocycles. The van der Waals surface area contributed by atoms with E-state index in [2.05, 4.69) is 10.9 Å². The molecule has 1 aromatic rings. The summed E-state index contributed by atoms with van der Waals surface area (Å²) in [5.74, 6) is -0.737. The van der Waals surface area contributed by atoms with Crippen molar-refractivity contribution in [2.24, 2.45) is 0 Å². The summed E-state index contributed by atoms with van der Waals surface area (Å²) in [5.41, 5.74) is 4.54. The second-order valence-electron chi connectivity index (χ2n) is 4.00. The first-order valence-corrected chi connectivity index (χ1v) is 6.04. The third-order valence-corrected chi connectivity index (χ3v) is 2.30. The summed E-state index contributed by atoms with van der Waals surface area (Å²) in [6, 6.07) is 5.33. The van der Waals surface area contributed by atoms with Crippen molar-refractivity contribution in [2.45, 2.75) is 32.8 Å². The zero-order valence-electron chi connectivity index (χ0n) is 10.9. The van der Waals surface area contributed by atoms with Gasteiger partial charge in [-0.05, 0) is 37.6 Å². The Bertz CT molecular complexity index is 434. The van der Waals surface area contributed by atoms with Gasteiger partial charge < -0.3 is 4.74 Å². The van der Waals surface area contributed by atoms with Crippen LogP contribution < -0.4 is 15.6 Å². The largest absolute Gasteiger partial charge is 0.481 e. The number of carbonyl (C=O) groups excluding carboxylic acids is 2. The maximum absolute atomic E-state index is 12.7. The fraction of sp³-hybridized carbons (Fsp3) is 0.385. The van der Waals surface area contributed by atoms with Crippen molar-refractivity contribution in [1.82, 2.24) is 10.9 Å². The van der Waals surface area contributed by atoms with Gasteiger partial charge in [0.05, 0.1) is 0 Å². The molecular weight excluding hydrogens is 251 g/mol. The molecular formula is C13H17FN2O3. The molecule has 1 rings (SSSR count). The molecule has 2 N–H and O–H groups in total. The van der Waals surface area contributed by atoms with Crippen LogP contribution in [0, 0.1) is 5.82 Å². The van der Waals surface area contributed by atoms with Crippen molar-refractivity contribution in [3.8, 4) is 5.75 Å². The molecule has 0 radical (unpaired) electrons. The van der Waals surface area contributed by atoms with E-state index in [-0.39, 0.29) is 11.7 Å². The normalized spacial score (nSPS) is 11.5. The number of hydrogen-bond donors (Lipinski definition) is 2. The maximum Gasteiger partial charge on any atom is 0.279 e. The van der Waals surface area contributed by atoms with Crippen molar-refractivity contribution in [2.75, 3.05) is 0 Å². The SMILES string of the molecule is CCCC(=O)NNC(=O)[C@H](C)Oc1ccc(F)cc1. The Balaban J connectivity index is 2.40. The molecule has 2 amide bonds. The lowest BCUT2D eigenvalue weighted by Crippen LogP contribution is -2.47. The third kappa shape index (κ3) is 5.37. The molecule has 1 aromatic carbocycles. The maximum atomic E-state index is 12.7. The van der Waals surface area contributed by atoms with Crippen LogP contribution in [-0.4, -0.2) is 17.9 Å². The van der Waals surface area contributed by atoms with Gasteiger partial charge in [0.1, 0.15) is 11.6 Å². The first-order chi connectivity index (χ1) is 9.02. The number of hydrogen-bond acceptors (Lipinski definition) is 3. The number of amides is 2. The molecule has 0 aliphatic heterocycles. The minimum absolute atomic E-state index is 0.259. The summed E-state index contributed by atoms with van der Waals surface area (Å²) in [4.78, 5) is 22.8. The van der Waals surface area contributed by atoms with E-state index in [4.69, 9.17) is 4.74 Å².